The Morgan fingerprint density at radius 1 is 1.08 bits per heavy atom. The Kier molecular flexibility index (Phi) is 5.52. The van der Waals surface area contributed by atoms with Crippen molar-refractivity contribution in [1.29, 1.82) is 0 Å². The molecule has 0 fully saturated rings. The van der Waals surface area contributed by atoms with E-state index in [4.69, 9.17) is 4.74 Å². The summed E-state index contributed by atoms with van der Waals surface area (Å²) in [6.45, 7) is 0.546. The zero-order valence-electron chi connectivity index (χ0n) is 14.4. The quantitative estimate of drug-likeness (QED) is 0.849. The summed E-state index contributed by atoms with van der Waals surface area (Å²) in [7, 11) is 0. The molecule has 26 heavy (non-hydrogen) atoms. The Morgan fingerprint density at radius 2 is 1.62 bits per heavy atom. The first-order valence-corrected chi connectivity index (χ1v) is 8.53. The third-order valence-corrected chi connectivity index (χ3v) is 4.44. The van der Waals surface area contributed by atoms with Crippen LogP contribution in [0, 0.1) is 0 Å². The fourth-order valence-corrected chi connectivity index (χ4v) is 3.39. The molecule has 1 N–H and O–H groups in total. The number of hydrogen-bond acceptors (Lipinski definition) is 3. The Morgan fingerprint density at radius 3 is 2.12 bits per heavy atom. The highest BCUT2D eigenvalue weighted by atomic mass is 19.3. The number of ether oxygens (including phenoxy) is 1. The van der Waals surface area contributed by atoms with Gasteiger partial charge >= 0.3 is 6.09 Å². The lowest BCUT2D eigenvalue weighted by atomic mass is 9.98. The highest BCUT2D eigenvalue weighted by Gasteiger charge is 2.30. The van der Waals surface area contributed by atoms with E-state index in [0.717, 1.165) is 27.2 Å². The lowest BCUT2D eigenvalue weighted by molar-refractivity contribution is 0.0410. The standard InChI is InChI=1S/C20H21F2NO3/c1-13(24)10-23(11-19(21)22)20(25)26-12-18-16-8-4-2-6-14(16)15-7-3-5-9-17(15)18/h2-9,13,18-19,24H,10-12H2,1H3. The maximum absolute atomic E-state index is 12.7. The van der Waals surface area contributed by atoms with Crippen molar-refractivity contribution in [3.05, 3.63) is 59.7 Å². The predicted octanol–water partition coefficient (Wildman–Crippen LogP) is 3.88. The molecule has 6 heteroatoms. The molecule has 0 aliphatic heterocycles. The van der Waals surface area contributed by atoms with E-state index < -0.39 is 25.2 Å². The van der Waals surface area contributed by atoms with Crippen LogP contribution >= 0.6 is 0 Å². The molecule has 1 aliphatic rings. The minimum absolute atomic E-state index is 0.0619. The zero-order chi connectivity index (χ0) is 18.7. The van der Waals surface area contributed by atoms with E-state index in [2.05, 4.69) is 0 Å². The Balaban J connectivity index is 1.75. The monoisotopic (exact) mass is 361 g/mol. The highest BCUT2D eigenvalue weighted by Crippen LogP contribution is 2.44. The molecule has 2 aromatic carbocycles. The molecule has 2 aromatic rings. The molecule has 0 bridgehead atoms. The summed E-state index contributed by atoms with van der Waals surface area (Å²) < 4.78 is 30.7. The number of amides is 1. The molecule has 0 saturated carbocycles. The molecule has 1 unspecified atom stereocenters. The van der Waals surface area contributed by atoms with Gasteiger partial charge < -0.3 is 9.84 Å². The normalized spacial score (nSPS) is 14.0. The summed E-state index contributed by atoms with van der Waals surface area (Å²) >= 11 is 0. The van der Waals surface area contributed by atoms with Crippen molar-refractivity contribution in [2.45, 2.75) is 25.4 Å². The van der Waals surface area contributed by atoms with Gasteiger partial charge in [0.2, 0.25) is 0 Å². The molecular formula is C20H21F2NO3. The van der Waals surface area contributed by atoms with Gasteiger partial charge in [-0.1, -0.05) is 48.5 Å². The fourth-order valence-electron chi connectivity index (χ4n) is 3.39. The first kappa shape index (κ1) is 18.3. The second-order valence-electron chi connectivity index (χ2n) is 6.45. The van der Waals surface area contributed by atoms with Crippen LogP contribution in [0.3, 0.4) is 0 Å². The molecule has 138 valence electrons. The summed E-state index contributed by atoms with van der Waals surface area (Å²) in [5, 5.41) is 9.43. The number of hydrogen-bond donors (Lipinski definition) is 1. The Bertz CT molecular complexity index is 724. The van der Waals surface area contributed by atoms with Gasteiger partial charge in [0.15, 0.2) is 0 Å². The number of aliphatic hydroxyl groups is 1. The molecule has 1 atom stereocenters. The van der Waals surface area contributed by atoms with E-state index in [9.17, 15) is 18.7 Å². The Labute approximate surface area is 151 Å². The van der Waals surface area contributed by atoms with Crippen LogP contribution in [0.1, 0.15) is 24.0 Å². The first-order valence-electron chi connectivity index (χ1n) is 8.53. The third kappa shape index (κ3) is 3.85. The van der Waals surface area contributed by atoms with E-state index >= 15 is 0 Å². The second-order valence-corrected chi connectivity index (χ2v) is 6.45. The minimum Gasteiger partial charge on any atom is -0.448 e. The molecular weight excluding hydrogens is 340 g/mol. The average molecular weight is 361 g/mol. The second kappa shape index (κ2) is 7.83. The molecule has 0 aromatic heterocycles. The molecule has 0 saturated heterocycles. The fraction of sp³-hybridized carbons (Fsp3) is 0.350. The van der Waals surface area contributed by atoms with Gasteiger partial charge in [-0.05, 0) is 29.2 Å². The number of rotatable bonds is 6. The maximum Gasteiger partial charge on any atom is 0.410 e. The van der Waals surface area contributed by atoms with Crippen molar-refractivity contribution in [3.63, 3.8) is 0 Å². The number of alkyl halides is 2. The number of benzene rings is 2. The molecule has 1 aliphatic carbocycles. The SMILES string of the molecule is CC(O)CN(CC(F)F)C(=O)OCC1c2ccccc2-c2ccccc21. The van der Waals surface area contributed by atoms with Crippen molar-refractivity contribution >= 4 is 6.09 Å². The minimum atomic E-state index is -2.69. The summed E-state index contributed by atoms with van der Waals surface area (Å²) in [4.78, 5) is 13.1. The number of nitrogens with zero attached hydrogens (tertiary/aromatic N) is 1. The summed E-state index contributed by atoms with van der Waals surface area (Å²) in [5.41, 5.74) is 4.30. The lowest BCUT2D eigenvalue weighted by Gasteiger charge is -2.24. The van der Waals surface area contributed by atoms with E-state index in [1.54, 1.807) is 0 Å². The van der Waals surface area contributed by atoms with Crippen molar-refractivity contribution in [2.75, 3.05) is 19.7 Å². The molecule has 3 rings (SSSR count). The van der Waals surface area contributed by atoms with Crippen LogP contribution in [0.15, 0.2) is 48.5 Å². The van der Waals surface area contributed by atoms with Crippen molar-refractivity contribution in [2.24, 2.45) is 0 Å². The van der Waals surface area contributed by atoms with Crippen molar-refractivity contribution < 1.29 is 23.4 Å². The number of aliphatic hydroxyl groups excluding tert-OH is 1. The van der Waals surface area contributed by atoms with E-state index in [0.29, 0.717) is 0 Å². The smallest absolute Gasteiger partial charge is 0.410 e. The predicted molar refractivity (Wildman–Crippen MR) is 94.3 cm³/mol. The topological polar surface area (TPSA) is 49.8 Å². The van der Waals surface area contributed by atoms with Crippen LogP contribution in [-0.2, 0) is 4.74 Å². The van der Waals surface area contributed by atoms with Crippen molar-refractivity contribution in [1.82, 2.24) is 4.90 Å². The van der Waals surface area contributed by atoms with Gasteiger partial charge in [0.05, 0.1) is 12.6 Å². The Hall–Kier alpha value is -2.47. The van der Waals surface area contributed by atoms with Gasteiger partial charge in [-0.3, -0.25) is 4.90 Å². The van der Waals surface area contributed by atoms with Crippen LogP contribution in [-0.4, -0.2) is 48.3 Å². The molecule has 0 spiro atoms. The van der Waals surface area contributed by atoms with E-state index in [1.807, 2.05) is 48.5 Å². The van der Waals surface area contributed by atoms with E-state index in [-0.39, 0.29) is 19.1 Å². The van der Waals surface area contributed by atoms with Crippen LogP contribution < -0.4 is 0 Å². The van der Waals surface area contributed by atoms with Gasteiger partial charge in [0, 0.05) is 12.5 Å². The highest BCUT2D eigenvalue weighted by molar-refractivity contribution is 5.79. The first-order chi connectivity index (χ1) is 12.5. The largest absolute Gasteiger partial charge is 0.448 e. The number of carbonyl (C=O) groups excluding carboxylic acids is 1. The third-order valence-electron chi connectivity index (χ3n) is 4.44. The average Bonchev–Trinajstić information content (AvgIpc) is 2.92. The molecule has 0 radical (unpaired) electrons. The van der Waals surface area contributed by atoms with Gasteiger partial charge in [-0.25, -0.2) is 13.6 Å². The molecule has 4 nitrogen and oxygen atoms in total. The van der Waals surface area contributed by atoms with Crippen LogP contribution in [0.4, 0.5) is 13.6 Å². The van der Waals surface area contributed by atoms with Crippen LogP contribution in [0.2, 0.25) is 0 Å². The summed E-state index contributed by atoms with van der Waals surface area (Å²) in [6.07, 6.45) is -4.43. The maximum atomic E-state index is 12.7. The number of halogens is 2. The van der Waals surface area contributed by atoms with Crippen LogP contribution in [0.25, 0.3) is 11.1 Å². The van der Waals surface area contributed by atoms with Gasteiger partial charge in [-0.15, -0.1) is 0 Å². The molecule has 1 amide bonds. The van der Waals surface area contributed by atoms with Gasteiger partial charge in [0.1, 0.15) is 6.61 Å². The molecule has 0 heterocycles. The van der Waals surface area contributed by atoms with Crippen LogP contribution in [0.5, 0.6) is 0 Å². The lowest BCUT2D eigenvalue weighted by Crippen LogP contribution is -2.40. The van der Waals surface area contributed by atoms with Gasteiger partial charge in [-0.2, -0.15) is 0 Å². The van der Waals surface area contributed by atoms with E-state index in [1.165, 1.54) is 6.92 Å². The van der Waals surface area contributed by atoms with Crippen molar-refractivity contribution in [3.8, 4) is 11.1 Å². The number of carbonyl (C=O) groups is 1. The summed E-state index contributed by atoms with van der Waals surface area (Å²) in [6, 6.07) is 15.8. The summed E-state index contributed by atoms with van der Waals surface area (Å²) in [5.74, 6) is -0.133. The van der Waals surface area contributed by atoms with Gasteiger partial charge in [0.25, 0.3) is 6.43 Å². The number of fused-ring (bicyclic) bond motifs is 3. The zero-order valence-corrected chi connectivity index (χ0v) is 14.4.